The van der Waals surface area contributed by atoms with Gasteiger partial charge in [-0.05, 0) is 13.8 Å². The maximum Gasteiger partial charge on any atom is 0.330 e. The lowest BCUT2D eigenvalue weighted by atomic mass is 9.94. The number of epoxide rings is 2. The Morgan fingerprint density at radius 3 is 1.42 bits per heavy atom. The first-order valence-corrected chi connectivity index (χ1v) is 8.62. The van der Waals surface area contributed by atoms with E-state index >= 15 is 0 Å². The second-order valence-corrected chi connectivity index (χ2v) is 7.45. The predicted molar refractivity (Wildman–Crippen MR) is 85.5 cm³/mol. The number of rotatable bonds is 4. The third kappa shape index (κ3) is 1.99. The number of carbonyl (C=O) groups excluding carboxylic acids is 4. The summed E-state index contributed by atoms with van der Waals surface area (Å²) in [5, 5.41) is 0. The molecule has 26 heavy (non-hydrogen) atoms. The van der Waals surface area contributed by atoms with E-state index in [0.29, 0.717) is 13.2 Å². The van der Waals surface area contributed by atoms with Crippen molar-refractivity contribution in [1.82, 2.24) is 19.6 Å². The van der Waals surface area contributed by atoms with E-state index in [1.54, 1.807) is 13.8 Å². The zero-order chi connectivity index (χ0) is 19.0. The van der Waals surface area contributed by atoms with E-state index in [0.717, 1.165) is 9.80 Å². The monoisotopic (exact) mass is 366 g/mol. The molecule has 6 amide bonds. The van der Waals surface area contributed by atoms with E-state index < -0.39 is 35.2 Å². The van der Waals surface area contributed by atoms with Crippen molar-refractivity contribution in [3.05, 3.63) is 0 Å². The molecule has 4 heterocycles. The van der Waals surface area contributed by atoms with Crippen LogP contribution in [-0.4, -0.2) is 93.3 Å². The molecule has 0 aromatic carbocycles. The van der Waals surface area contributed by atoms with E-state index in [4.69, 9.17) is 9.47 Å². The first-order chi connectivity index (χ1) is 12.1. The number of imide groups is 2. The average Bonchev–Trinajstić information content (AvgIpc) is 3.42. The maximum absolute atomic E-state index is 13.1. The molecule has 4 unspecified atom stereocenters. The smallest absolute Gasteiger partial charge is 0.330 e. The van der Waals surface area contributed by atoms with Gasteiger partial charge in [-0.15, -0.1) is 0 Å². The van der Waals surface area contributed by atoms with Crippen LogP contribution in [0.5, 0.6) is 0 Å². The Kier molecular flexibility index (Phi) is 3.42. The number of ether oxygens (including phenoxy) is 2. The fourth-order valence-corrected chi connectivity index (χ4v) is 4.31. The minimum absolute atomic E-state index is 0.156. The van der Waals surface area contributed by atoms with Gasteiger partial charge in [0.2, 0.25) is 11.8 Å². The minimum atomic E-state index is -1.33. The number of hydrogen-bond donors (Lipinski definition) is 0. The standard InChI is InChI=1S/C16H22N4O6/c1-9(21)19-13(23)17(5-11-7-25-11)16(4)15(19,3)18(6-12-8-26-12)14(24)20(16)10(2)22/h11-12H,5-8H2,1-4H3. The van der Waals surface area contributed by atoms with Crippen molar-refractivity contribution < 1.29 is 28.7 Å². The van der Waals surface area contributed by atoms with Crippen LogP contribution in [0.3, 0.4) is 0 Å². The van der Waals surface area contributed by atoms with Crippen molar-refractivity contribution in [3.8, 4) is 0 Å². The normalized spacial score (nSPS) is 38.2. The third-order valence-corrected chi connectivity index (χ3v) is 5.87. The Bertz CT molecular complexity index is 660. The first-order valence-electron chi connectivity index (χ1n) is 8.62. The molecule has 0 radical (unpaired) electrons. The summed E-state index contributed by atoms with van der Waals surface area (Å²) in [5.41, 5.74) is -2.67. The molecule has 0 bridgehead atoms. The minimum Gasteiger partial charge on any atom is -0.371 e. The van der Waals surface area contributed by atoms with Crippen LogP contribution in [0.2, 0.25) is 0 Å². The quantitative estimate of drug-likeness (QED) is 0.637. The largest absolute Gasteiger partial charge is 0.371 e. The van der Waals surface area contributed by atoms with Crippen molar-refractivity contribution in [2.24, 2.45) is 0 Å². The predicted octanol–water partition coefficient (Wildman–Crippen LogP) is -0.215. The van der Waals surface area contributed by atoms with Gasteiger partial charge in [0.15, 0.2) is 11.3 Å². The van der Waals surface area contributed by atoms with E-state index in [1.165, 1.54) is 23.6 Å². The molecule has 4 aliphatic heterocycles. The molecule has 10 nitrogen and oxygen atoms in total. The van der Waals surface area contributed by atoms with Crippen LogP contribution in [0.25, 0.3) is 0 Å². The molecule has 142 valence electrons. The maximum atomic E-state index is 13.1. The SMILES string of the molecule is CC(=O)N1C(=O)N(CC2CO2)C2(C)N(C(C)=O)C(=O)N(CC3CO3)C12C. The van der Waals surface area contributed by atoms with Gasteiger partial charge in [0.1, 0.15) is 0 Å². The number of urea groups is 2. The Balaban J connectivity index is 1.87. The third-order valence-electron chi connectivity index (χ3n) is 5.87. The van der Waals surface area contributed by atoms with Gasteiger partial charge in [0.05, 0.1) is 38.5 Å². The van der Waals surface area contributed by atoms with Gasteiger partial charge in [0.25, 0.3) is 0 Å². The zero-order valence-electron chi connectivity index (χ0n) is 15.2. The highest BCUT2D eigenvalue weighted by molar-refractivity contribution is 6.04. The molecule has 0 saturated carbocycles. The van der Waals surface area contributed by atoms with Crippen molar-refractivity contribution in [3.63, 3.8) is 0 Å². The van der Waals surface area contributed by atoms with Crippen LogP contribution in [0, 0.1) is 0 Å². The van der Waals surface area contributed by atoms with E-state index in [9.17, 15) is 19.2 Å². The molecule has 4 saturated heterocycles. The van der Waals surface area contributed by atoms with Crippen molar-refractivity contribution in [2.75, 3.05) is 26.3 Å². The summed E-state index contributed by atoms with van der Waals surface area (Å²) in [6, 6.07) is -1.06. The zero-order valence-corrected chi connectivity index (χ0v) is 15.2. The lowest BCUT2D eigenvalue weighted by Gasteiger charge is -2.44. The second kappa shape index (κ2) is 5.17. The van der Waals surface area contributed by atoms with Gasteiger partial charge in [-0.25, -0.2) is 19.4 Å². The van der Waals surface area contributed by atoms with Gasteiger partial charge in [-0.2, -0.15) is 0 Å². The molecular weight excluding hydrogens is 344 g/mol. The van der Waals surface area contributed by atoms with Crippen LogP contribution in [0.4, 0.5) is 9.59 Å². The lowest BCUT2D eigenvalue weighted by molar-refractivity contribution is -0.143. The van der Waals surface area contributed by atoms with Crippen molar-refractivity contribution in [2.45, 2.75) is 51.2 Å². The van der Waals surface area contributed by atoms with Gasteiger partial charge in [0, 0.05) is 13.8 Å². The van der Waals surface area contributed by atoms with Crippen molar-refractivity contribution in [1.29, 1.82) is 0 Å². The summed E-state index contributed by atoms with van der Waals surface area (Å²) < 4.78 is 10.5. The van der Waals surface area contributed by atoms with Crippen molar-refractivity contribution >= 4 is 23.9 Å². The van der Waals surface area contributed by atoms with Crippen LogP contribution in [0.15, 0.2) is 0 Å². The lowest BCUT2D eigenvalue weighted by Crippen LogP contribution is -2.66. The topological polar surface area (TPSA) is 106 Å². The summed E-state index contributed by atoms with van der Waals surface area (Å²) >= 11 is 0. The summed E-state index contributed by atoms with van der Waals surface area (Å²) in [5.74, 6) is -0.967. The Morgan fingerprint density at radius 2 is 1.19 bits per heavy atom. The summed E-state index contributed by atoms with van der Waals surface area (Å²) in [7, 11) is 0. The van der Waals surface area contributed by atoms with Crippen LogP contribution >= 0.6 is 0 Å². The highest BCUT2D eigenvalue weighted by Crippen LogP contribution is 2.52. The molecule has 4 atom stereocenters. The molecule has 4 rings (SSSR count). The molecule has 0 spiro atoms. The summed E-state index contributed by atoms with van der Waals surface area (Å²) in [6.45, 7) is 7.31. The van der Waals surface area contributed by atoms with E-state index in [-0.39, 0.29) is 25.3 Å². The van der Waals surface area contributed by atoms with Crippen LogP contribution in [0.1, 0.15) is 27.7 Å². The van der Waals surface area contributed by atoms with Gasteiger partial charge in [-0.3, -0.25) is 19.4 Å². The average molecular weight is 366 g/mol. The van der Waals surface area contributed by atoms with E-state index in [2.05, 4.69) is 0 Å². The molecule has 4 fully saturated rings. The Morgan fingerprint density at radius 1 is 0.885 bits per heavy atom. The van der Waals surface area contributed by atoms with Crippen LogP contribution < -0.4 is 0 Å². The summed E-state index contributed by atoms with van der Waals surface area (Å²) in [6.07, 6.45) is -0.312. The molecule has 4 aliphatic rings. The molecule has 0 aliphatic carbocycles. The molecular formula is C16H22N4O6. The van der Waals surface area contributed by atoms with Crippen LogP contribution in [-0.2, 0) is 19.1 Å². The Labute approximate surface area is 150 Å². The highest BCUT2D eigenvalue weighted by atomic mass is 16.6. The molecule has 0 aromatic rings. The molecule has 10 heteroatoms. The molecule has 0 aromatic heterocycles. The Hall–Kier alpha value is -2.20. The fraction of sp³-hybridized carbons (Fsp3) is 0.750. The fourth-order valence-electron chi connectivity index (χ4n) is 4.31. The number of fused-ring (bicyclic) bond motifs is 1. The summed E-state index contributed by atoms with van der Waals surface area (Å²) in [4.78, 5) is 56.0. The molecule has 0 N–H and O–H groups in total. The van der Waals surface area contributed by atoms with E-state index in [1.807, 2.05) is 0 Å². The first kappa shape index (κ1) is 17.2. The van der Waals surface area contributed by atoms with Gasteiger partial charge < -0.3 is 9.47 Å². The van der Waals surface area contributed by atoms with Gasteiger partial charge in [-0.1, -0.05) is 0 Å². The van der Waals surface area contributed by atoms with Gasteiger partial charge >= 0.3 is 12.1 Å². The number of amides is 6. The second-order valence-electron chi connectivity index (χ2n) is 7.45. The number of hydrogen-bond acceptors (Lipinski definition) is 6. The number of carbonyl (C=O) groups is 4. The number of nitrogens with zero attached hydrogens (tertiary/aromatic N) is 4. The highest BCUT2D eigenvalue weighted by Gasteiger charge is 2.76.